The molecule has 2 aromatic rings. The summed E-state index contributed by atoms with van der Waals surface area (Å²) in [5.74, 6) is 0.779. The molecule has 1 aliphatic heterocycles. The van der Waals surface area contributed by atoms with Gasteiger partial charge in [-0.05, 0) is 57.0 Å². The van der Waals surface area contributed by atoms with Crippen LogP contribution in [0, 0.1) is 26.7 Å². The maximum absolute atomic E-state index is 10.2. The first-order chi connectivity index (χ1) is 12.0. The fourth-order valence-corrected chi connectivity index (χ4v) is 3.43. The zero-order chi connectivity index (χ0) is 18.0. The summed E-state index contributed by atoms with van der Waals surface area (Å²) < 4.78 is 13.3. The molecule has 5 nitrogen and oxygen atoms in total. The fraction of sp³-hybridized carbons (Fsp3) is 0.450. The summed E-state index contributed by atoms with van der Waals surface area (Å²) in [4.78, 5) is 4.83. The summed E-state index contributed by atoms with van der Waals surface area (Å²) in [5, 5.41) is 10.2. The lowest BCUT2D eigenvalue weighted by Gasteiger charge is -2.20. The van der Waals surface area contributed by atoms with E-state index in [9.17, 15) is 5.11 Å². The molecule has 1 N–H and O–H groups in total. The zero-order valence-corrected chi connectivity index (χ0v) is 15.1. The minimum atomic E-state index is -0.823. The molecular formula is C20H26N2O3. The first kappa shape index (κ1) is 17.9. The lowest BCUT2D eigenvalue weighted by Crippen LogP contribution is -2.29. The number of aryl methyl sites for hydroxylation is 3. The molecule has 0 amide bonds. The Kier molecular flexibility index (Phi) is 5.37. The van der Waals surface area contributed by atoms with Crippen LogP contribution in [0.15, 0.2) is 36.9 Å². The number of rotatable bonds is 6. The third-order valence-corrected chi connectivity index (χ3v) is 4.66. The zero-order valence-electron chi connectivity index (χ0n) is 15.1. The molecule has 0 aliphatic carbocycles. The summed E-state index contributed by atoms with van der Waals surface area (Å²) in [6, 6.07) is 8.32. The summed E-state index contributed by atoms with van der Waals surface area (Å²) in [5.41, 5.74) is 4.38. The largest absolute Gasteiger partial charge is 0.371 e. The number of nitrogens with zero attached hydrogens (tertiary/aromatic N) is 2. The Bertz CT molecular complexity index is 734. The molecule has 3 rings (SSSR count). The van der Waals surface area contributed by atoms with Crippen molar-refractivity contribution < 1.29 is 14.6 Å². The summed E-state index contributed by atoms with van der Waals surface area (Å²) >= 11 is 0. The van der Waals surface area contributed by atoms with Crippen molar-refractivity contribution >= 4 is 0 Å². The molecule has 1 unspecified atom stereocenters. The van der Waals surface area contributed by atoms with Crippen molar-refractivity contribution in [2.24, 2.45) is 5.92 Å². The Morgan fingerprint density at radius 3 is 2.72 bits per heavy atom. The van der Waals surface area contributed by atoms with E-state index in [1.165, 1.54) is 0 Å². The van der Waals surface area contributed by atoms with E-state index in [4.69, 9.17) is 14.5 Å². The van der Waals surface area contributed by atoms with Crippen molar-refractivity contribution in [2.45, 2.75) is 39.6 Å². The molecule has 1 fully saturated rings. The molecule has 0 aromatic carbocycles. The topological polar surface area (TPSA) is 56.5 Å². The van der Waals surface area contributed by atoms with Gasteiger partial charge in [-0.3, -0.25) is 0 Å². The van der Waals surface area contributed by atoms with Gasteiger partial charge in [-0.2, -0.15) is 0 Å². The fourth-order valence-electron chi connectivity index (χ4n) is 3.43. The van der Waals surface area contributed by atoms with Crippen LogP contribution in [0.3, 0.4) is 0 Å². The molecule has 134 valence electrons. The quantitative estimate of drug-likeness (QED) is 0.820. The number of pyridine rings is 1. The molecule has 0 radical (unpaired) electrons. The number of ether oxygens (including phenoxy) is 2. The second-order valence-electron chi connectivity index (χ2n) is 6.70. The van der Waals surface area contributed by atoms with Crippen molar-refractivity contribution in [2.75, 3.05) is 13.2 Å². The predicted octanol–water partition coefficient (Wildman–Crippen LogP) is 2.88. The highest BCUT2D eigenvalue weighted by Gasteiger charge is 2.37. The van der Waals surface area contributed by atoms with E-state index in [2.05, 4.69) is 56.2 Å². The van der Waals surface area contributed by atoms with E-state index < -0.39 is 6.29 Å². The van der Waals surface area contributed by atoms with Gasteiger partial charge in [0.05, 0.1) is 19.3 Å². The normalized spacial score (nSPS) is 23.1. The van der Waals surface area contributed by atoms with Gasteiger partial charge in [-0.25, -0.2) is 4.98 Å². The van der Waals surface area contributed by atoms with Crippen LogP contribution in [0.4, 0.5) is 0 Å². The first-order valence-electron chi connectivity index (χ1n) is 8.64. The number of aromatic nitrogens is 2. The van der Waals surface area contributed by atoms with Crippen LogP contribution < -0.4 is 0 Å². The molecule has 1 saturated heterocycles. The van der Waals surface area contributed by atoms with Crippen LogP contribution in [-0.2, 0) is 15.9 Å². The van der Waals surface area contributed by atoms with Crippen LogP contribution in [0.25, 0.3) is 5.82 Å². The number of hydrogen-bond donors (Lipinski definition) is 1. The third kappa shape index (κ3) is 3.84. The van der Waals surface area contributed by atoms with Gasteiger partial charge in [0.25, 0.3) is 0 Å². The Morgan fingerprint density at radius 2 is 2.04 bits per heavy atom. The van der Waals surface area contributed by atoms with Crippen molar-refractivity contribution in [3.8, 4) is 5.82 Å². The summed E-state index contributed by atoms with van der Waals surface area (Å²) in [6.07, 6.45) is 1.35. The molecule has 0 saturated carbocycles. The van der Waals surface area contributed by atoms with Gasteiger partial charge in [0.15, 0.2) is 6.29 Å². The predicted molar refractivity (Wildman–Crippen MR) is 96.9 cm³/mol. The maximum Gasteiger partial charge on any atom is 0.160 e. The van der Waals surface area contributed by atoms with Gasteiger partial charge in [0.1, 0.15) is 5.82 Å². The number of aliphatic hydroxyl groups is 1. The highest BCUT2D eigenvalue weighted by Crippen LogP contribution is 2.27. The average Bonchev–Trinajstić information content (AvgIpc) is 3.08. The molecule has 25 heavy (non-hydrogen) atoms. The molecule has 1 aliphatic rings. The maximum atomic E-state index is 10.2. The van der Waals surface area contributed by atoms with Crippen molar-refractivity contribution in [1.29, 1.82) is 0 Å². The van der Waals surface area contributed by atoms with E-state index >= 15 is 0 Å². The third-order valence-electron chi connectivity index (χ3n) is 4.66. The second-order valence-corrected chi connectivity index (χ2v) is 6.70. The molecule has 0 spiro atoms. The highest BCUT2D eigenvalue weighted by molar-refractivity contribution is 5.35. The van der Waals surface area contributed by atoms with Crippen molar-refractivity contribution in [3.63, 3.8) is 0 Å². The second kappa shape index (κ2) is 7.52. The molecular weight excluding hydrogens is 316 g/mol. The van der Waals surface area contributed by atoms with E-state index in [-0.39, 0.29) is 12.0 Å². The van der Waals surface area contributed by atoms with Gasteiger partial charge in [-0.15, -0.1) is 6.58 Å². The molecule has 3 atom stereocenters. The molecule has 3 heterocycles. The van der Waals surface area contributed by atoms with Gasteiger partial charge in [-0.1, -0.05) is 6.08 Å². The highest BCUT2D eigenvalue weighted by atomic mass is 16.6. The van der Waals surface area contributed by atoms with E-state index in [0.717, 1.165) is 28.5 Å². The van der Waals surface area contributed by atoms with Gasteiger partial charge < -0.3 is 19.1 Å². The van der Waals surface area contributed by atoms with Crippen LogP contribution in [0.2, 0.25) is 0 Å². The summed E-state index contributed by atoms with van der Waals surface area (Å²) in [6.45, 7) is 10.7. The lowest BCUT2D eigenvalue weighted by molar-refractivity contribution is -0.0827. The van der Waals surface area contributed by atoms with Gasteiger partial charge in [0.2, 0.25) is 0 Å². The van der Waals surface area contributed by atoms with Crippen molar-refractivity contribution in [1.82, 2.24) is 9.55 Å². The van der Waals surface area contributed by atoms with Gasteiger partial charge >= 0.3 is 0 Å². The monoisotopic (exact) mass is 342 g/mol. The van der Waals surface area contributed by atoms with Gasteiger partial charge in [0, 0.05) is 23.0 Å². The molecule has 2 aromatic heterocycles. The molecule has 5 heteroatoms. The smallest absolute Gasteiger partial charge is 0.160 e. The first-order valence-corrected chi connectivity index (χ1v) is 8.64. The average molecular weight is 342 g/mol. The standard InChI is InChI=1S/C20H26N2O3/c1-5-8-24-18-12-25-20(23)17(18)11-16-9-13(2)10-19(21-16)22-14(3)6-7-15(22)4/h5-7,9-10,17-18,20,23H,1,8,11-12H2,2-4H3/t17-,18-,20?/m0/s1. The Hall–Kier alpha value is -1.95. The van der Waals surface area contributed by atoms with Crippen LogP contribution in [-0.4, -0.2) is 40.3 Å². The Morgan fingerprint density at radius 1 is 1.32 bits per heavy atom. The Balaban J connectivity index is 1.86. The molecule has 0 bridgehead atoms. The lowest BCUT2D eigenvalue weighted by atomic mass is 9.97. The van der Waals surface area contributed by atoms with Crippen LogP contribution in [0.5, 0.6) is 0 Å². The number of hydrogen-bond acceptors (Lipinski definition) is 4. The van der Waals surface area contributed by atoms with Crippen LogP contribution in [0.1, 0.15) is 22.6 Å². The summed E-state index contributed by atoms with van der Waals surface area (Å²) in [7, 11) is 0. The minimum Gasteiger partial charge on any atom is -0.371 e. The van der Waals surface area contributed by atoms with Crippen molar-refractivity contribution in [3.05, 3.63) is 59.6 Å². The SMILES string of the molecule is C=CCO[C@H]1COC(O)[C@H]1Cc1cc(C)cc(-n2c(C)ccc2C)n1. The van der Waals surface area contributed by atoms with E-state index in [1.807, 2.05) is 0 Å². The van der Waals surface area contributed by atoms with E-state index in [1.54, 1.807) is 6.08 Å². The Labute approximate surface area is 148 Å². The number of aliphatic hydroxyl groups excluding tert-OH is 1. The minimum absolute atomic E-state index is 0.131. The van der Waals surface area contributed by atoms with Crippen LogP contribution >= 0.6 is 0 Å². The van der Waals surface area contributed by atoms with E-state index in [0.29, 0.717) is 19.6 Å².